The maximum Gasteiger partial charge on any atom is 0.347 e. The summed E-state index contributed by atoms with van der Waals surface area (Å²) < 4.78 is 7.00. The number of carbonyl (C=O) groups is 1. The summed E-state index contributed by atoms with van der Waals surface area (Å²) in [5, 5.41) is 11.8. The molecule has 0 amide bonds. The van der Waals surface area contributed by atoms with Gasteiger partial charge in [0.25, 0.3) is 0 Å². The second kappa shape index (κ2) is 9.60. The Balaban J connectivity index is 1.30. The fourth-order valence-electron chi connectivity index (χ4n) is 6.48. The fraction of sp³-hybridized carbons (Fsp3) is 0.387. The van der Waals surface area contributed by atoms with Crippen molar-refractivity contribution in [1.29, 1.82) is 0 Å². The molecule has 1 saturated heterocycles. The third kappa shape index (κ3) is 4.78. The number of nitrogens with zero attached hydrogens (tertiary/aromatic N) is 1. The van der Waals surface area contributed by atoms with Gasteiger partial charge in [-0.2, -0.15) is 0 Å². The van der Waals surface area contributed by atoms with Crippen LogP contribution in [0.25, 0.3) is 0 Å². The molecule has 1 heterocycles. The van der Waals surface area contributed by atoms with Crippen molar-refractivity contribution in [2.24, 2.45) is 17.8 Å². The van der Waals surface area contributed by atoms with E-state index >= 15 is 0 Å². The minimum atomic E-state index is -1.82. The van der Waals surface area contributed by atoms with Crippen molar-refractivity contribution in [3.8, 4) is 0 Å². The first-order valence-electron chi connectivity index (χ1n) is 12.8. The Hall–Kier alpha value is -2.95. The molecule has 3 aromatic rings. The lowest BCUT2D eigenvalue weighted by Gasteiger charge is -2.44. The Kier molecular flexibility index (Phi) is 6.52. The standard InChI is InChI=1S/C31H36NO3/c1-23-13-17-28(18-14-23)31(34,27-11-7-4-8-12-27)30(33)35-22-29-25-15-16-26(29)21-32(2,20-25)19-24-9-5-3-6-10-24/h3-14,17-18,25-26,29,34H,15-16,19-22H2,1-2H3/q+1. The predicted molar refractivity (Wildman–Crippen MR) is 137 cm³/mol. The van der Waals surface area contributed by atoms with E-state index < -0.39 is 11.6 Å². The third-order valence-electron chi connectivity index (χ3n) is 8.24. The lowest BCUT2D eigenvalue weighted by Crippen LogP contribution is -2.55. The lowest BCUT2D eigenvalue weighted by atomic mass is 9.83. The monoisotopic (exact) mass is 470 g/mol. The maximum atomic E-state index is 13.5. The highest BCUT2D eigenvalue weighted by molar-refractivity contribution is 5.85. The van der Waals surface area contributed by atoms with Gasteiger partial charge in [0.05, 0.1) is 26.7 Å². The smallest absolute Gasteiger partial charge is 0.347 e. The molecule has 1 N–H and O–H groups in total. The number of rotatable bonds is 7. The first-order chi connectivity index (χ1) is 16.9. The number of hydrogen-bond acceptors (Lipinski definition) is 3. The number of aryl methyl sites for hydroxylation is 1. The van der Waals surface area contributed by atoms with Gasteiger partial charge in [-0.3, -0.25) is 0 Å². The van der Waals surface area contributed by atoms with Crippen LogP contribution in [-0.4, -0.2) is 42.3 Å². The molecule has 1 saturated carbocycles. The molecule has 35 heavy (non-hydrogen) atoms. The highest BCUT2D eigenvalue weighted by Crippen LogP contribution is 2.45. The summed E-state index contributed by atoms with van der Waals surface area (Å²) in [5.74, 6) is 0.858. The second-order valence-electron chi connectivity index (χ2n) is 10.9. The molecule has 1 aliphatic carbocycles. The maximum absolute atomic E-state index is 13.5. The number of benzene rings is 3. The van der Waals surface area contributed by atoms with Gasteiger partial charge >= 0.3 is 5.97 Å². The van der Waals surface area contributed by atoms with E-state index in [1.807, 2.05) is 49.4 Å². The van der Waals surface area contributed by atoms with Gasteiger partial charge < -0.3 is 14.3 Å². The molecule has 0 spiro atoms. The van der Waals surface area contributed by atoms with Gasteiger partial charge in [-0.25, -0.2) is 4.79 Å². The summed E-state index contributed by atoms with van der Waals surface area (Å²) in [4.78, 5) is 13.5. The van der Waals surface area contributed by atoms with Crippen molar-refractivity contribution < 1.29 is 19.1 Å². The van der Waals surface area contributed by atoms with Crippen LogP contribution in [0.2, 0.25) is 0 Å². The van der Waals surface area contributed by atoms with E-state index in [0.29, 0.717) is 35.5 Å². The average Bonchev–Trinajstić information content (AvgIpc) is 3.13. The Morgan fingerprint density at radius 1 is 0.886 bits per heavy atom. The van der Waals surface area contributed by atoms with Gasteiger partial charge in [-0.15, -0.1) is 0 Å². The number of carbonyl (C=O) groups excluding carboxylic acids is 1. The number of esters is 1. The van der Waals surface area contributed by atoms with Gasteiger partial charge in [0, 0.05) is 23.3 Å². The van der Waals surface area contributed by atoms with Gasteiger partial charge in [0.2, 0.25) is 5.60 Å². The quantitative estimate of drug-likeness (QED) is 0.387. The molecule has 5 rings (SSSR count). The Bertz CT molecular complexity index is 1130. The number of quaternary nitrogens is 1. The van der Waals surface area contributed by atoms with Crippen molar-refractivity contribution >= 4 is 5.97 Å². The van der Waals surface area contributed by atoms with Crippen molar-refractivity contribution in [2.75, 3.05) is 26.7 Å². The third-order valence-corrected chi connectivity index (χ3v) is 8.24. The number of piperidine rings is 1. The lowest BCUT2D eigenvalue weighted by molar-refractivity contribution is -0.933. The molecule has 2 bridgehead atoms. The van der Waals surface area contributed by atoms with Crippen LogP contribution in [-0.2, 0) is 21.7 Å². The first-order valence-corrected chi connectivity index (χ1v) is 12.8. The van der Waals surface area contributed by atoms with Gasteiger partial charge in [-0.1, -0.05) is 90.5 Å². The van der Waals surface area contributed by atoms with E-state index in [4.69, 9.17) is 4.74 Å². The number of hydrogen-bond donors (Lipinski definition) is 1. The summed E-state index contributed by atoms with van der Waals surface area (Å²) in [6, 6.07) is 27.4. The van der Waals surface area contributed by atoms with Crippen LogP contribution in [0.3, 0.4) is 0 Å². The molecule has 2 fully saturated rings. The summed E-state index contributed by atoms with van der Waals surface area (Å²) in [6.45, 7) is 5.62. The molecule has 4 nitrogen and oxygen atoms in total. The van der Waals surface area contributed by atoms with E-state index in [-0.39, 0.29) is 0 Å². The molecule has 3 atom stereocenters. The van der Waals surface area contributed by atoms with Crippen LogP contribution in [0.4, 0.5) is 0 Å². The molecular formula is C31H36NO3+. The van der Waals surface area contributed by atoms with Crippen LogP contribution in [0, 0.1) is 24.7 Å². The summed E-state index contributed by atoms with van der Waals surface area (Å²) >= 11 is 0. The number of fused-ring (bicyclic) bond motifs is 2. The average molecular weight is 471 g/mol. The van der Waals surface area contributed by atoms with Crippen LogP contribution in [0.1, 0.15) is 35.1 Å². The van der Waals surface area contributed by atoms with Gasteiger partial charge in [-0.05, 0) is 30.9 Å². The molecule has 0 aromatic heterocycles. The largest absolute Gasteiger partial charge is 0.463 e. The minimum Gasteiger partial charge on any atom is -0.463 e. The number of ether oxygens (including phenoxy) is 1. The van der Waals surface area contributed by atoms with E-state index in [1.54, 1.807) is 12.1 Å². The van der Waals surface area contributed by atoms with E-state index in [1.165, 1.54) is 18.4 Å². The Morgan fingerprint density at radius 3 is 2.03 bits per heavy atom. The molecule has 3 aromatic carbocycles. The number of aliphatic hydroxyl groups is 1. The Morgan fingerprint density at radius 2 is 1.43 bits per heavy atom. The molecule has 182 valence electrons. The zero-order chi connectivity index (χ0) is 24.5. The zero-order valence-corrected chi connectivity index (χ0v) is 20.8. The minimum absolute atomic E-state index is 0.360. The summed E-state index contributed by atoms with van der Waals surface area (Å²) in [6.07, 6.45) is 2.38. The van der Waals surface area contributed by atoms with Crippen LogP contribution in [0.15, 0.2) is 84.9 Å². The highest BCUT2D eigenvalue weighted by atomic mass is 16.5. The zero-order valence-electron chi connectivity index (χ0n) is 20.8. The predicted octanol–water partition coefficient (Wildman–Crippen LogP) is 5.08. The van der Waals surface area contributed by atoms with Crippen LogP contribution in [0.5, 0.6) is 0 Å². The van der Waals surface area contributed by atoms with Crippen molar-refractivity contribution in [3.05, 3.63) is 107 Å². The molecular weight excluding hydrogens is 434 g/mol. The molecule has 3 unspecified atom stereocenters. The van der Waals surface area contributed by atoms with Gasteiger partial charge in [0.15, 0.2) is 0 Å². The SMILES string of the molecule is Cc1ccc(C(O)(C(=O)OCC2C3CCC2C[N+](C)(Cc2ccccc2)C3)c2ccccc2)cc1. The topological polar surface area (TPSA) is 46.5 Å². The highest BCUT2D eigenvalue weighted by Gasteiger charge is 2.50. The Labute approximate surface area is 208 Å². The van der Waals surface area contributed by atoms with Crippen LogP contribution >= 0.6 is 0 Å². The van der Waals surface area contributed by atoms with E-state index in [9.17, 15) is 9.90 Å². The van der Waals surface area contributed by atoms with E-state index in [2.05, 4.69) is 37.4 Å². The van der Waals surface area contributed by atoms with E-state index in [0.717, 1.165) is 29.7 Å². The van der Waals surface area contributed by atoms with Crippen LogP contribution < -0.4 is 0 Å². The summed E-state index contributed by atoms with van der Waals surface area (Å²) in [5.41, 5.74) is 1.71. The first kappa shape index (κ1) is 23.8. The summed E-state index contributed by atoms with van der Waals surface area (Å²) in [7, 11) is 2.37. The number of likely N-dealkylation sites (tertiary alicyclic amines) is 1. The normalized spacial score (nSPS) is 27.2. The van der Waals surface area contributed by atoms with Gasteiger partial charge in [0.1, 0.15) is 6.54 Å². The molecule has 0 radical (unpaired) electrons. The molecule has 1 aliphatic heterocycles. The molecule has 2 aliphatic rings. The fourth-order valence-corrected chi connectivity index (χ4v) is 6.48. The van der Waals surface area contributed by atoms with Crippen molar-refractivity contribution in [3.63, 3.8) is 0 Å². The van der Waals surface area contributed by atoms with Crippen molar-refractivity contribution in [1.82, 2.24) is 0 Å². The van der Waals surface area contributed by atoms with Crippen molar-refractivity contribution in [2.45, 2.75) is 31.9 Å². The second-order valence-corrected chi connectivity index (χ2v) is 10.9. The molecule has 4 heteroatoms.